The van der Waals surface area contributed by atoms with Gasteiger partial charge in [0.05, 0.1) is 5.71 Å². The molecule has 0 fully saturated rings. The van der Waals surface area contributed by atoms with Gasteiger partial charge in [0.2, 0.25) is 5.91 Å². The van der Waals surface area contributed by atoms with E-state index >= 15 is 0 Å². The summed E-state index contributed by atoms with van der Waals surface area (Å²) in [7, 11) is 0. The van der Waals surface area contributed by atoms with Gasteiger partial charge >= 0.3 is 0 Å². The average molecular weight is 611 g/mol. The summed E-state index contributed by atoms with van der Waals surface area (Å²) in [6, 6.07) is 25.5. The minimum atomic E-state index is -0.0388. The van der Waals surface area contributed by atoms with E-state index in [1.54, 1.807) is 0 Å². The maximum absolute atomic E-state index is 12.0. The smallest absolute Gasteiger partial charge is 0.224 e. The van der Waals surface area contributed by atoms with Gasteiger partial charge in [-0.05, 0) is 79.8 Å². The molecule has 1 aliphatic heterocycles. The molecule has 0 aliphatic carbocycles. The molecule has 0 spiro atoms. The molecule has 5 nitrogen and oxygen atoms in total. The number of rotatable bonds is 13. The van der Waals surface area contributed by atoms with Crippen LogP contribution in [0.3, 0.4) is 0 Å². The van der Waals surface area contributed by atoms with E-state index in [0.29, 0.717) is 12.1 Å². The van der Waals surface area contributed by atoms with Crippen LogP contribution in [0.5, 0.6) is 0 Å². The van der Waals surface area contributed by atoms with E-state index < -0.39 is 0 Å². The van der Waals surface area contributed by atoms with Gasteiger partial charge in [0.1, 0.15) is 5.82 Å². The third-order valence-electron chi connectivity index (χ3n) is 8.75. The van der Waals surface area contributed by atoms with Gasteiger partial charge in [-0.25, -0.2) is 9.97 Å². The molecular formula is C41H46N4O. The molecule has 0 saturated carbocycles. The zero-order chi connectivity index (χ0) is 32.6. The highest BCUT2D eigenvalue weighted by atomic mass is 16.1. The predicted octanol–water partition coefficient (Wildman–Crippen LogP) is 9.29. The number of aryl methyl sites for hydroxylation is 4. The summed E-state index contributed by atoms with van der Waals surface area (Å²) in [4.78, 5) is 27.1. The highest BCUT2D eigenvalue weighted by Crippen LogP contribution is 2.30. The van der Waals surface area contributed by atoms with Gasteiger partial charge in [0, 0.05) is 47.6 Å². The van der Waals surface area contributed by atoms with Gasteiger partial charge in [0.25, 0.3) is 0 Å². The summed E-state index contributed by atoms with van der Waals surface area (Å²) in [6.07, 6.45) is 6.99. The molecule has 46 heavy (non-hydrogen) atoms. The molecular weight excluding hydrogens is 564 g/mol. The average Bonchev–Trinajstić information content (AvgIpc) is 3.44. The summed E-state index contributed by atoms with van der Waals surface area (Å²) in [5.74, 6) is 0.802. The molecule has 236 valence electrons. The number of carbonyl (C=O) groups excluding carboxylic acids is 1. The Bertz CT molecular complexity index is 1780. The molecule has 0 saturated heterocycles. The van der Waals surface area contributed by atoms with Crippen LogP contribution < -0.4 is 5.32 Å². The first-order valence-electron chi connectivity index (χ1n) is 16.6. The summed E-state index contributed by atoms with van der Waals surface area (Å²) in [5, 5.41) is 2.92. The van der Waals surface area contributed by atoms with Crippen LogP contribution >= 0.6 is 0 Å². The molecule has 0 unspecified atom stereocenters. The van der Waals surface area contributed by atoms with Crippen molar-refractivity contribution in [3.8, 4) is 11.1 Å². The molecule has 0 bridgehead atoms. The van der Waals surface area contributed by atoms with E-state index in [2.05, 4.69) is 87.3 Å². The molecule has 4 aromatic rings. The second-order valence-corrected chi connectivity index (χ2v) is 12.4. The highest BCUT2D eigenvalue weighted by molar-refractivity contribution is 6.04. The van der Waals surface area contributed by atoms with Gasteiger partial charge in [-0.15, -0.1) is 0 Å². The molecule has 1 aliphatic rings. The van der Waals surface area contributed by atoms with E-state index in [9.17, 15) is 4.79 Å². The van der Waals surface area contributed by atoms with E-state index in [1.807, 2.05) is 32.0 Å². The number of carbonyl (C=O) groups is 1. The Morgan fingerprint density at radius 1 is 0.826 bits per heavy atom. The maximum atomic E-state index is 12.0. The number of nitrogens with one attached hydrogen (secondary N) is 1. The lowest BCUT2D eigenvalue weighted by Gasteiger charge is -2.16. The first-order chi connectivity index (χ1) is 22.2. The molecule has 2 heterocycles. The first kappa shape index (κ1) is 32.7. The minimum absolute atomic E-state index is 0.0388. The summed E-state index contributed by atoms with van der Waals surface area (Å²) in [5.41, 5.74) is 14.6. The number of aromatic nitrogens is 2. The Hall–Kier alpha value is -4.64. The Labute approximate surface area is 274 Å². The minimum Gasteiger partial charge on any atom is -0.326 e. The monoisotopic (exact) mass is 610 g/mol. The SMILES string of the molecule is C=C(NC(=O)CC)c1ccccc1-c1ccc(Cc2c(CCCC)nc(C)nc2CCC2=C(C)CC(c3ccc(C)cc3)=N2)cc1. The maximum Gasteiger partial charge on any atom is 0.224 e. The van der Waals surface area contributed by atoms with Crippen LogP contribution in [0.4, 0.5) is 0 Å². The van der Waals surface area contributed by atoms with Crippen LogP contribution in [0, 0.1) is 13.8 Å². The lowest BCUT2D eigenvalue weighted by molar-refractivity contribution is -0.119. The van der Waals surface area contributed by atoms with Crippen LogP contribution in [0.1, 0.15) is 97.9 Å². The fraction of sp³-hybridized carbons (Fsp3) is 0.317. The largest absolute Gasteiger partial charge is 0.326 e. The van der Waals surface area contributed by atoms with E-state index in [0.717, 1.165) is 78.9 Å². The number of aliphatic imine (C=N–C) groups is 1. The fourth-order valence-electron chi connectivity index (χ4n) is 6.08. The number of amides is 1. The molecule has 3 aromatic carbocycles. The molecule has 1 aromatic heterocycles. The van der Waals surface area contributed by atoms with Crippen LogP contribution in [-0.4, -0.2) is 21.6 Å². The van der Waals surface area contributed by atoms with Crippen LogP contribution in [-0.2, 0) is 24.1 Å². The topological polar surface area (TPSA) is 67.2 Å². The van der Waals surface area contributed by atoms with Crippen molar-refractivity contribution in [2.75, 3.05) is 0 Å². The van der Waals surface area contributed by atoms with Crippen molar-refractivity contribution in [1.82, 2.24) is 15.3 Å². The zero-order valence-corrected chi connectivity index (χ0v) is 28.0. The van der Waals surface area contributed by atoms with Crippen molar-refractivity contribution >= 4 is 17.3 Å². The lowest BCUT2D eigenvalue weighted by Crippen LogP contribution is -2.20. The summed E-state index contributed by atoms with van der Waals surface area (Å²) < 4.78 is 0. The van der Waals surface area contributed by atoms with Gasteiger partial charge in [-0.1, -0.05) is 105 Å². The Morgan fingerprint density at radius 2 is 1.50 bits per heavy atom. The molecule has 0 radical (unpaired) electrons. The number of hydrogen-bond acceptors (Lipinski definition) is 4. The van der Waals surface area contributed by atoms with Gasteiger partial charge in [0.15, 0.2) is 0 Å². The Morgan fingerprint density at radius 3 is 2.20 bits per heavy atom. The third kappa shape index (κ3) is 7.95. The van der Waals surface area contributed by atoms with Crippen LogP contribution in [0.2, 0.25) is 0 Å². The van der Waals surface area contributed by atoms with Crippen molar-refractivity contribution in [2.45, 2.75) is 86.0 Å². The van der Waals surface area contributed by atoms with Gasteiger partial charge in [-0.3, -0.25) is 9.79 Å². The van der Waals surface area contributed by atoms with E-state index in [4.69, 9.17) is 15.0 Å². The fourth-order valence-corrected chi connectivity index (χ4v) is 6.08. The molecule has 1 N–H and O–H groups in total. The second-order valence-electron chi connectivity index (χ2n) is 12.4. The lowest BCUT2D eigenvalue weighted by atomic mass is 9.93. The summed E-state index contributed by atoms with van der Waals surface area (Å²) in [6.45, 7) is 14.6. The van der Waals surface area contributed by atoms with Crippen molar-refractivity contribution in [3.63, 3.8) is 0 Å². The Balaban J connectivity index is 1.39. The van der Waals surface area contributed by atoms with Crippen molar-refractivity contribution in [3.05, 3.63) is 136 Å². The van der Waals surface area contributed by atoms with Crippen molar-refractivity contribution in [2.24, 2.45) is 4.99 Å². The normalized spacial score (nSPS) is 12.8. The van der Waals surface area contributed by atoms with Crippen LogP contribution in [0.25, 0.3) is 16.8 Å². The third-order valence-corrected chi connectivity index (χ3v) is 8.75. The van der Waals surface area contributed by atoms with Crippen molar-refractivity contribution in [1.29, 1.82) is 0 Å². The van der Waals surface area contributed by atoms with Gasteiger partial charge < -0.3 is 5.32 Å². The number of nitrogens with zero attached hydrogens (tertiary/aromatic N) is 3. The van der Waals surface area contributed by atoms with E-state index in [1.165, 1.54) is 39.2 Å². The van der Waals surface area contributed by atoms with Crippen molar-refractivity contribution < 1.29 is 4.79 Å². The number of allylic oxidation sites excluding steroid dienone is 2. The number of unbranched alkanes of at least 4 members (excludes halogenated alkanes) is 1. The predicted molar refractivity (Wildman–Crippen MR) is 191 cm³/mol. The van der Waals surface area contributed by atoms with Gasteiger partial charge in [-0.2, -0.15) is 0 Å². The highest BCUT2D eigenvalue weighted by Gasteiger charge is 2.19. The molecule has 0 atom stereocenters. The molecule has 5 rings (SSSR count). The second kappa shape index (κ2) is 15.1. The summed E-state index contributed by atoms with van der Waals surface area (Å²) >= 11 is 0. The quantitative estimate of drug-likeness (QED) is 0.164. The molecule has 1 amide bonds. The Kier molecular flexibility index (Phi) is 10.7. The standard InChI is InChI=1S/C41H46N4O/c1-7-9-14-38-36(26-31-17-21-32(22-18-31)35-13-11-10-12-34(35)29(5)42-41(46)8-2)39(44-30(6)43-38)24-23-37-28(4)25-40(45-37)33-19-15-27(3)16-20-33/h10-13,15-22H,5,7-9,14,23-26H2,1-4,6H3,(H,42,46). The number of hydrogen-bond donors (Lipinski definition) is 1. The molecule has 5 heteroatoms. The number of benzene rings is 3. The zero-order valence-electron chi connectivity index (χ0n) is 28.0. The first-order valence-corrected chi connectivity index (χ1v) is 16.6. The van der Waals surface area contributed by atoms with Crippen LogP contribution in [0.15, 0.2) is 95.6 Å². The van der Waals surface area contributed by atoms with E-state index in [-0.39, 0.29) is 5.91 Å².